The molecule has 0 bridgehead atoms. The number of nitrogens with zero attached hydrogens (tertiary/aromatic N) is 3. The lowest BCUT2D eigenvalue weighted by atomic mass is 10.2. The van der Waals surface area contributed by atoms with Gasteiger partial charge in [-0.05, 0) is 49.7 Å². The van der Waals surface area contributed by atoms with E-state index in [-0.39, 0.29) is 18.3 Å². The lowest BCUT2D eigenvalue weighted by Crippen LogP contribution is -2.19. The zero-order chi connectivity index (χ0) is 24.0. The fourth-order valence-electron chi connectivity index (χ4n) is 2.68. The molecule has 2 aromatic carbocycles. The highest BCUT2D eigenvalue weighted by atomic mass is 35.5. The topological polar surface area (TPSA) is 76.5 Å². The van der Waals surface area contributed by atoms with Crippen LogP contribution < -0.4 is 10.2 Å². The molecule has 11 heteroatoms. The van der Waals surface area contributed by atoms with Crippen molar-refractivity contribution in [1.82, 2.24) is 15.4 Å². The van der Waals surface area contributed by atoms with Gasteiger partial charge in [-0.15, -0.1) is 0 Å². The number of halogens is 4. The van der Waals surface area contributed by atoms with Crippen LogP contribution >= 0.6 is 58.2 Å². The predicted octanol–water partition coefficient (Wildman–Crippen LogP) is 6.53. The van der Waals surface area contributed by atoms with E-state index in [0.717, 1.165) is 17.0 Å². The van der Waals surface area contributed by atoms with Gasteiger partial charge in [0.15, 0.2) is 10.9 Å². The van der Waals surface area contributed by atoms with Crippen LogP contribution in [-0.2, 0) is 11.4 Å². The molecule has 33 heavy (non-hydrogen) atoms. The average molecular weight is 544 g/mol. The first-order valence-electron chi connectivity index (χ1n) is 9.54. The van der Waals surface area contributed by atoms with E-state index in [1.165, 1.54) is 18.0 Å². The van der Waals surface area contributed by atoms with Gasteiger partial charge in [0.2, 0.25) is 0 Å². The normalized spacial score (nSPS) is 11.1. The van der Waals surface area contributed by atoms with E-state index < -0.39 is 0 Å². The molecule has 3 rings (SSSR count). The summed E-state index contributed by atoms with van der Waals surface area (Å²) in [5.41, 5.74) is 5.48. The van der Waals surface area contributed by atoms with Crippen LogP contribution in [0.15, 0.2) is 46.7 Å². The van der Waals surface area contributed by atoms with Crippen molar-refractivity contribution in [2.75, 3.05) is 5.75 Å². The van der Waals surface area contributed by atoms with Gasteiger partial charge in [0.25, 0.3) is 5.91 Å². The molecule has 0 aliphatic rings. The molecule has 3 aromatic rings. The highest BCUT2D eigenvalue weighted by Gasteiger charge is 2.11. The summed E-state index contributed by atoms with van der Waals surface area (Å²) in [6.45, 7) is 3.92. The molecule has 0 aliphatic heterocycles. The molecule has 0 aliphatic carbocycles. The first-order valence-corrected chi connectivity index (χ1v) is 12.0. The monoisotopic (exact) mass is 542 g/mol. The average Bonchev–Trinajstić information content (AvgIpc) is 2.72. The first-order chi connectivity index (χ1) is 15.7. The number of aromatic nitrogens is 2. The number of thioether (sulfide) groups is 1. The Morgan fingerprint density at radius 1 is 1.03 bits per heavy atom. The number of nitrogens with one attached hydrogen (secondary N) is 1. The van der Waals surface area contributed by atoms with Crippen LogP contribution in [0.2, 0.25) is 20.1 Å². The summed E-state index contributed by atoms with van der Waals surface area (Å²) in [6.07, 6.45) is 1.44. The largest absolute Gasteiger partial charge is 0.486 e. The van der Waals surface area contributed by atoms with Crippen LogP contribution in [0.25, 0.3) is 0 Å². The van der Waals surface area contributed by atoms with Crippen molar-refractivity contribution >= 4 is 70.3 Å². The Hall–Kier alpha value is -2.03. The van der Waals surface area contributed by atoms with Crippen LogP contribution in [0.5, 0.6) is 5.75 Å². The Morgan fingerprint density at radius 3 is 2.33 bits per heavy atom. The maximum Gasteiger partial charge on any atom is 0.250 e. The minimum Gasteiger partial charge on any atom is -0.486 e. The SMILES string of the molecule is Cc1cc(C)nc(SCC(=O)N/N=C\c2cc(Cl)c(OCc3ccc(Cl)cc3Cl)c(Cl)c2)n1. The Kier molecular flexibility index (Phi) is 9.23. The molecule has 0 saturated heterocycles. The summed E-state index contributed by atoms with van der Waals surface area (Å²) in [5.74, 6) is 0.147. The molecule has 0 unspecified atom stereocenters. The fourth-order valence-corrected chi connectivity index (χ4v) is 4.50. The van der Waals surface area contributed by atoms with Gasteiger partial charge in [0, 0.05) is 27.0 Å². The minimum atomic E-state index is -0.295. The third-order valence-electron chi connectivity index (χ3n) is 4.10. The second-order valence-electron chi connectivity index (χ2n) is 6.85. The Balaban J connectivity index is 1.55. The molecule has 1 aromatic heterocycles. The Bertz CT molecular complexity index is 1160. The number of aryl methyl sites for hydroxylation is 2. The number of hydrogen-bond donors (Lipinski definition) is 1. The van der Waals surface area contributed by atoms with Gasteiger partial charge in [-0.1, -0.05) is 64.2 Å². The zero-order valence-electron chi connectivity index (χ0n) is 17.5. The summed E-state index contributed by atoms with van der Waals surface area (Å²) in [6, 6.07) is 10.2. The van der Waals surface area contributed by atoms with E-state index in [0.29, 0.717) is 36.6 Å². The predicted molar refractivity (Wildman–Crippen MR) is 135 cm³/mol. The number of rotatable bonds is 8. The van der Waals surface area contributed by atoms with Crippen molar-refractivity contribution in [3.63, 3.8) is 0 Å². The van der Waals surface area contributed by atoms with E-state index in [2.05, 4.69) is 20.5 Å². The van der Waals surface area contributed by atoms with Crippen LogP contribution in [0.4, 0.5) is 0 Å². The van der Waals surface area contributed by atoms with E-state index in [1.807, 2.05) is 19.9 Å². The van der Waals surface area contributed by atoms with Crippen molar-refractivity contribution in [1.29, 1.82) is 0 Å². The Labute approximate surface area is 215 Å². The van der Waals surface area contributed by atoms with Gasteiger partial charge < -0.3 is 4.74 Å². The second-order valence-corrected chi connectivity index (χ2v) is 9.45. The van der Waals surface area contributed by atoms with E-state index in [4.69, 9.17) is 51.1 Å². The van der Waals surface area contributed by atoms with Gasteiger partial charge in [-0.3, -0.25) is 4.79 Å². The van der Waals surface area contributed by atoms with Crippen LogP contribution in [0.1, 0.15) is 22.5 Å². The molecular weight excluding hydrogens is 526 g/mol. The zero-order valence-corrected chi connectivity index (χ0v) is 21.4. The molecule has 0 saturated carbocycles. The molecule has 0 radical (unpaired) electrons. The maximum atomic E-state index is 12.0. The number of hydrazone groups is 1. The van der Waals surface area contributed by atoms with Gasteiger partial charge in [0.05, 0.1) is 22.0 Å². The number of amides is 1. The van der Waals surface area contributed by atoms with Gasteiger partial charge in [0.1, 0.15) is 6.61 Å². The second kappa shape index (κ2) is 11.9. The minimum absolute atomic E-state index is 0.127. The van der Waals surface area contributed by atoms with Gasteiger partial charge in [-0.25, -0.2) is 15.4 Å². The molecule has 172 valence electrons. The summed E-state index contributed by atoms with van der Waals surface area (Å²) in [5, 5.41) is 6.10. The van der Waals surface area contributed by atoms with E-state index in [1.54, 1.807) is 30.3 Å². The van der Waals surface area contributed by atoms with Crippen LogP contribution in [-0.4, -0.2) is 27.8 Å². The van der Waals surface area contributed by atoms with Crippen molar-refractivity contribution in [2.24, 2.45) is 5.10 Å². The van der Waals surface area contributed by atoms with Gasteiger partial charge in [-0.2, -0.15) is 5.10 Å². The summed E-state index contributed by atoms with van der Waals surface area (Å²) >= 11 is 25.9. The number of benzene rings is 2. The molecule has 1 N–H and O–H groups in total. The maximum absolute atomic E-state index is 12.0. The van der Waals surface area contributed by atoms with Crippen molar-refractivity contribution in [2.45, 2.75) is 25.6 Å². The lowest BCUT2D eigenvalue weighted by Gasteiger charge is -2.12. The molecule has 0 spiro atoms. The summed E-state index contributed by atoms with van der Waals surface area (Å²) in [7, 11) is 0. The van der Waals surface area contributed by atoms with Crippen molar-refractivity contribution in [3.8, 4) is 5.75 Å². The number of carbonyl (C=O) groups excluding carboxylic acids is 1. The molecule has 0 fully saturated rings. The summed E-state index contributed by atoms with van der Waals surface area (Å²) < 4.78 is 5.74. The molecule has 0 atom stereocenters. The quantitative estimate of drug-likeness (QED) is 0.151. The number of hydrogen-bond acceptors (Lipinski definition) is 6. The third-order valence-corrected chi connectivity index (χ3v) is 6.10. The van der Waals surface area contributed by atoms with Crippen molar-refractivity contribution < 1.29 is 9.53 Å². The standard InChI is InChI=1S/C22H18Cl4N4O2S/c1-12-5-13(2)29-22(28-12)33-11-20(31)30-27-9-14-6-18(25)21(19(26)7-14)32-10-15-3-4-16(23)8-17(15)24/h3-9H,10-11H2,1-2H3,(H,30,31)/b27-9-. The van der Waals surface area contributed by atoms with E-state index in [9.17, 15) is 4.79 Å². The Morgan fingerprint density at radius 2 is 1.70 bits per heavy atom. The molecule has 1 amide bonds. The van der Waals surface area contributed by atoms with Crippen molar-refractivity contribution in [3.05, 3.63) is 79.0 Å². The molecule has 6 nitrogen and oxygen atoms in total. The fraction of sp³-hybridized carbons (Fsp3) is 0.182. The molecule has 1 heterocycles. The lowest BCUT2D eigenvalue weighted by molar-refractivity contribution is -0.118. The van der Waals surface area contributed by atoms with Crippen LogP contribution in [0.3, 0.4) is 0 Å². The third kappa shape index (κ3) is 7.76. The smallest absolute Gasteiger partial charge is 0.250 e. The van der Waals surface area contributed by atoms with E-state index >= 15 is 0 Å². The van der Waals surface area contributed by atoms with Gasteiger partial charge >= 0.3 is 0 Å². The first kappa shape index (κ1) is 25.6. The highest BCUT2D eigenvalue weighted by molar-refractivity contribution is 7.99. The number of carbonyl (C=O) groups is 1. The molecular formula is C22H18Cl4N4O2S. The highest BCUT2D eigenvalue weighted by Crippen LogP contribution is 2.35. The summed E-state index contributed by atoms with van der Waals surface area (Å²) in [4.78, 5) is 20.6. The number of ether oxygens (including phenoxy) is 1. The van der Waals surface area contributed by atoms with Crippen LogP contribution in [0, 0.1) is 13.8 Å².